The number of rotatable bonds is 2. The summed E-state index contributed by atoms with van der Waals surface area (Å²) in [5.41, 5.74) is 7.79. The Morgan fingerprint density at radius 1 is 1.50 bits per heavy atom. The minimum Gasteiger partial charge on any atom is -0.383 e. The fourth-order valence-corrected chi connectivity index (χ4v) is 2.13. The van der Waals surface area contributed by atoms with Crippen molar-refractivity contribution in [3.05, 3.63) is 29.4 Å². The molecule has 2 heterocycles. The first kappa shape index (κ1) is 9.15. The lowest BCUT2D eigenvalue weighted by Crippen LogP contribution is -1.92. The molecule has 72 valence electrons. The predicted octanol–water partition coefficient (Wildman–Crippen LogP) is 2.35. The molecule has 0 aliphatic rings. The van der Waals surface area contributed by atoms with E-state index >= 15 is 0 Å². The smallest absolute Gasteiger partial charge is 0.133 e. The minimum atomic E-state index is 0.546. The number of nitrogen functional groups attached to an aromatic ring is 1. The van der Waals surface area contributed by atoms with E-state index in [1.807, 2.05) is 12.1 Å². The number of thiazole rings is 1. The maximum atomic E-state index is 5.76. The lowest BCUT2D eigenvalue weighted by Gasteiger charge is -1.98. The van der Waals surface area contributed by atoms with Crippen LogP contribution in [0, 0.1) is 0 Å². The maximum Gasteiger partial charge on any atom is 0.133 e. The van der Waals surface area contributed by atoms with E-state index in [4.69, 9.17) is 5.73 Å². The summed E-state index contributed by atoms with van der Waals surface area (Å²) in [7, 11) is 0. The quantitative estimate of drug-likeness (QED) is 0.818. The lowest BCUT2D eigenvalue weighted by atomic mass is 10.2. The van der Waals surface area contributed by atoms with Crippen molar-refractivity contribution in [2.24, 2.45) is 0 Å². The highest BCUT2D eigenvalue weighted by Crippen LogP contribution is 2.27. The van der Waals surface area contributed by atoms with E-state index in [1.165, 1.54) is 0 Å². The number of pyridine rings is 1. The summed E-state index contributed by atoms with van der Waals surface area (Å²) in [6.07, 6.45) is 2.64. The van der Waals surface area contributed by atoms with Crippen LogP contribution >= 0.6 is 11.3 Å². The topological polar surface area (TPSA) is 51.8 Å². The summed E-state index contributed by atoms with van der Waals surface area (Å²) in [6, 6.07) is 3.82. The van der Waals surface area contributed by atoms with Gasteiger partial charge in [0, 0.05) is 11.6 Å². The Balaban J connectivity index is 2.44. The second kappa shape index (κ2) is 3.75. The van der Waals surface area contributed by atoms with Crippen molar-refractivity contribution < 1.29 is 0 Å². The van der Waals surface area contributed by atoms with Crippen LogP contribution in [0.3, 0.4) is 0 Å². The van der Waals surface area contributed by atoms with Gasteiger partial charge in [0.15, 0.2) is 0 Å². The summed E-state index contributed by atoms with van der Waals surface area (Å²) in [4.78, 5) is 8.49. The number of aromatic nitrogens is 2. The normalized spacial score (nSPS) is 10.4. The van der Waals surface area contributed by atoms with Crippen molar-refractivity contribution in [3.8, 4) is 10.6 Å². The van der Waals surface area contributed by atoms with Crippen molar-refractivity contribution >= 4 is 17.2 Å². The van der Waals surface area contributed by atoms with E-state index in [1.54, 1.807) is 17.5 Å². The minimum absolute atomic E-state index is 0.546. The van der Waals surface area contributed by atoms with Crippen LogP contribution in [-0.4, -0.2) is 9.97 Å². The Morgan fingerprint density at radius 3 is 3.00 bits per heavy atom. The van der Waals surface area contributed by atoms with Gasteiger partial charge in [-0.2, -0.15) is 0 Å². The van der Waals surface area contributed by atoms with E-state index < -0.39 is 0 Å². The van der Waals surface area contributed by atoms with Gasteiger partial charge in [-0.05, 0) is 18.6 Å². The largest absolute Gasteiger partial charge is 0.383 e. The molecule has 0 saturated heterocycles. The second-order valence-corrected chi connectivity index (χ2v) is 3.79. The third-order valence-corrected chi connectivity index (χ3v) is 2.91. The molecule has 0 radical (unpaired) electrons. The van der Waals surface area contributed by atoms with Gasteiger partial charge in [0.1, 0.15) is 10.8 Å². The third kappa shape index (κ3) is 1.61. The zero-order valence-corrected chi connectivity index (χ0v) is 8.71. The van der Waals surface area contributed by atoms with Crippen molar-refractivity contribution in [3.63, 3.8) is 0 Å². The first-order valence-corrected chi connectivity index (χ1v) is 5.34. The van der Waals surface area contributed by atoms with E-state index in [0.29, 0.717) is 5.82 Å². The molecule has 0 amide bonds. The molecule has 0 spiro atoms. The van der Waals surface area contributed by atoms with Crippen LogP contribution in [0.2, 0.25) is 0 Å². The molecule has 0 unspecified atom stereocenters. The van der Waals surface area contributed by atoms with Crippen LogP contribution in [0.25, 0.3) is 10.6 Å². The number of hydrogen-bond acceptors (Lipinski definition) is 4. The standard InChI is InChI=1S/C10H11N3S/c1-2-7-6-14-10(13-7)8-4-3-5-12-9(8)11/h3-6H,2H2,1H3,(H2,11,12). The summed E-state index contributed by atoms with van der Waals surface area (Å²) in [6.45, 7) is 2.09. The van der Waals surface area contributed by atoms with E-state index in [-0.39, 0.29) is 0 Å². The number of anilines is 1. The van der Waals surface area contributed by atoms with Crippen LogP contribution in [0.5, 0.6) is 0 Å². The number of nitrogens with zero attached hydrogens (tertiary/aromatic N) is 2. The SMILES string of the molecule is CCc1csc(-c2cccnc2N)n1. The van der Waals surface area contributed by atoms with Gasteiger partial charge >= 0.3 is 0 Å². The fraction of sp³-hybridized carbons (Fsp3) is 0.200. The monoisotopic (exact) mass is 205 g/mol. The zero-order chi connectivity index (χ0) is 9.97. The lowest BCUT2D eigenvalue weighted by molar-refractivity contribution is 1.07. The molecule has 0 aliphatic heterocycles. The highest BCUT2D eigenvalue weighted by molar-refractivity contribution is 7.13. The third-order valence-electron chi connectivity index (χ3n) is 1.98. The van der Waals surface area contributed by atoms with Gasteiger partial charge in [-0.15, -0.1) is 11.3 Å². The zero-order valence-electron chi connectivity index (χ0n) is 7.90. The van der Waals surface area contributed by atoms with Gasteiger partial charge in [0.25, 0.3) is 0 Å². The molecule has 0 bridgehead atoms. The summed E-state index contributed by atoms with van der Waals surface area (Å²) < 4.78 is 0. The first-order valence-electron chi connectivity index (χ1n) is 4.46. The van der Waals surface area contributed by atoms with Crippen molar-refractivity contribution in [2.45, 2.75) is 13.3 Å². The van der Waals surface area contributed by atoms with Gasteiger partial charge in [-0.3, -0.25) is 0 Å². The Labute approximate surface area is 86.6 Å². The molecule has 2 rings (SSSR count). The summed E-state index contributed by atoms with van der Waals surface area (Å²) in [5, 5.41) is 3.01. The average molecular weight is 205 g/mol. The predicted molar refractivity (Wildman–Crippen MR) is 59.1 cm³/mol. The van der Waals surface area contributed by atoms with Crippen molar-refractivity contribution in [1.82, 2.24) is 9.97 Å². The molecule has 0 aliphatic carbocycles. The number of nitrogens with two attached hydrogens (primary N) is 1. The molecule has 14 heavy (non-hydrogen) atoms. The number of aryl methyl sites for hydroxylation is 1. The fourth-order valence-electron chi connectivity index (χ4n) is 1.19. The van der Waals surface area contributed by atoms with Crippen molar-refractivity contribution in [1.29, 1.82) is 0 Å². The Morgan fingerprint density at radius 2 is 2.36 bits per heavy atom. The summed E-state index contributed by atoms with van der Waals surface area (Å²) >= 11 is 1.61. The highest BCUT2D eigenvalue weighted by Gasteiger charge is 2.06. The Kier molecular flexibility index (Phi) is 2.45. The van der Waals surface area contributed by atoms with Crippen LogP contribution in [0.1, 0.15) is 12.6 Å². The van der Waals surface area contributed by atoms with Crippen LogP contribution < -0.4 is 5.73 Å². The first-order chi connectivity index (χ1) is 6.81. The van der Waals surface area contributed by atoms with Gasteiger partial charge in [-0.25, -0.2) is 9.97 Å². The second-order valence-electron chi connectivity index (χ2n) is 2.93. The van der Waals surface area contributed by atoms with E-state index in [0.717, 1.165) is 22.7 Å². The molecule has 0 aromatic carbocycles. The van der Waals surface area contributed by atoms with Gasteiger partial charge in [-0.1, -0.05) is 6.92 Å². The van der Waals surface area contributed by atoms with Crippen molar-refractivity contribution in [2.75, 3.05) is 5.73 Å². The molecule has 4 heteroatoms. The molecule has 3 nitrogen and oxygen atoms in total. The van der Waals surface area contributed by atoms with Crippen LogP contribution in [0.15, 0.2) is 23.7 Å². The maximum absolute atomic E-state index is 5.76. The Bertz CT molecular complexity index is 436. The molecule has 0 atom stereocenters. The molecule has 2 aromatic heterocycles. The summed E-state index contributed by atoms with van der Waals surface area (Å²) in [5.74, 6) is 0.546. The molecule has 2 N–H and O–H groups in total. The van der Waals surface area contributed by atoms with Crippen LogP contribution in [-0.2, 0) is 6.42 Å². The van der Waals surface area contributed by atoms with Gasteiger partial charge in [0.2, 0.25) is 0 Å². The van der Waals surface area contributed by atoms with E-state index in [2.05, 4.69) is 22.3 Å². The number of hydrogen-bond donors (Lipinski definition) is 1. The molecular formula is C10H11N3S. The average Bonchev–Trinajstić information content (AvgIpc) is 2.67. The molecular weight excluding hydrogens is 194 g/mol. The molecule has 0 saturated carbocycles. The molecule has 2 aromatic rings. The molecule has 0 fully saturated rings. The van der Waals surface area contributed by atoms with Crippen LogP contribution in [0.4, 0.5) is 5.82 Å². The van der Waals surface area contributed by atoms with Gasteiger partial charge < -0.3 is 5.73 Å². The Hall–Kier alpha value is -1.42. The van der Waals surface area contributed by atoms with Gasteiger partial charge in [0.05, 0.1) is 11.3 Å². The van der Waals surface area contributed by atoms with E-state index in [9.17, 15) is 0 Å². The highest BCUT2D eigenvalue weighted by atomic mass is 32.1.